The van der Waals surface area contributed by atoms with Gasteiger partial charge in [-0.05, 0) is 12.1 Å². The standard InChI is InChI=1S/C7H6BrFO/c8-6-3-1-2-5(4-6)7(9)10/h1-4,7,10H. The van der Waals surface area contributed by atoms with E-state index in [1.54, 1.807) is 12.1 Å². The van der Waals surface area contributed by atoms with Crippen molar-refractivity contribution in [2.24, 2.45) is 0 Å². The molecule has 1 unspecified atom stereocenters. The summed E-state index contributed by atoms with van der Waals surface area (Å²) >= 11 is 3.15. The molecule has 1 aromatic carbocycles. The molecule has 1 atom stereocenters. The Morgan fingerprint density at radius 3 is 2.60 bits per heavy atom. The molecule has 0 spiro atoms. The van der Waals surface area contributed by atoms with Crippen LogP contribution in [0.15, 0.2) is 28.7 Å². The molecule has 0 amide bonds. The number of rotatable bonds is 1. The van der Waals surface area contributed by atoms with Crippen molar-refractivity contribution in [1.29, 1.82) is 0 Å². The van der Waals surface area contributed by atoms with Crippen molar-refractivity contribution in [2.75, 3.05) is 0 Å². The first-order chi connectivity index (χ1) is 4.70. The Bertz CT molecular complexity index is 225. The van der Waals surface area contributed by atoms with Crippen LogP contribution in [0.4, 0.5) is 4.39 Å². The molecule has 1 aromatic rings. The van der Waals surface area contributed by atoms with Gasteiger partial charge in [-0.25, -0.2) is 4.39 Å². The molecule has 0 saturated heterocycles. The van der Waals surface area contributed by atoms with Crippen LogP contribution in [0, 0.1) is 0 Å². The summed E-state index contributed by atoms with van der Waals surface area (Å²) in [5, 5.41) is 8.46. The first-order valence-corrected chi connectivity index (χ1v) is 3.57. The van der Waals surface area contributed by atoms with Gasteiger partial charge in [0.25, 0.3) is 0 Å². The number of alkyl halides is 1. The van der Waals surface area contributed by atoms with Crippen LogP contribution in [-0.2, 0) is 0 Å². The molecule has 0 aliphatic rings. The molecule has 0 aromatic heterocycles. The van der Waals surface area contributed by atoms with Crippen LogP contribution in [0.3, 0.4) is 0 Å². The molecule has 0 aliphatic carbocycles. The minimum atomic E-state index is -1.88. The Hall–Kier alpha value is -0.410. The van der Waals surface area contributed by atoms with E-state index < -0.39 is 6.36 Å². The maximum absolute atomic E-state index is 12.1. The van der Waals surface area contributed by atoms with Crippen molar-refractivity contribution >= 4 is 15.9 Å². The van der Waals surface area contributed by atoms with E-state index >= 15 is 0 Å². The van der Waals surface area contributed by atoms with Crippen molar-refractivity contribution in [3.8, 4) is 0 Å². The summed E-state index contributed by atoms with van der Waals surface area (Å²) in [5.74, 6) is 0. The molecule has 0 heterocycles. The van der Waals surface area contributed by atoms with Crippen molar-refractivity contribution in [3.05, 3.63) is 34.3 Å². The van der Waals surface area contributed by atoms with E-state index in [0.717, 1.165) is 4.47 Å². The second-order valence-corrected chi connectivity index (χ2v) is 2.81. The Balaban J connectivity index is 2.96. The first-order valence-electron chi connectivity index (χ1n) is 2.78. The van der Waals surface area contributed by atoms with Crippen LogP contribution in [0.1, 0.15) is 11.9 Å². The molecular formula is C7H6BrFO. The predicted octanol–water partition coefficient (Wildman–Crippen LogP) is 2.41. The van der Waals surface area contributed by atoms with Crippen LogP contribution in [0.25, 0.3) is 0 Å². The fraction of sp³-hybridized carbons (Fsp3) is 0.143. The average Bonchev–Trinajstić information content (AvgIpc) is 1.88. The van der Waals surface area contributed by atoms with Crippen LogP contribution in [0.5, 0.6) is 0 Å². The van der Waals surface area contributed by atoms with E-state index in [1.165, 1.54) is 12.1 Å². The van der Waals surface area contributed by atoms with Crippen LogP contribution >= 0.6 is 15.9 Å². The van der Waals surface area contributed by atoms with E-state index in [1.807, 2.05) is 0 Å². The van der Waals surface area contributed by atoms with Gasteiger partial charge in [-0.1, -0.05) is 28.1 Å². The highest BCUT2D eigenvalue weighted by molar-refractivity contribution is 9.10. The number of aliphatic hydroxyl groups excluding tert-OH is 1. The zero-order valence-corrected chi connectivity index (χ0v) is 6.68. The molecule has 1 rings (SSSR count). The molecule has 1 N–H and O–H groups in total. The van der Waals surface area contributed by atoms with Crippen LogP contribution in [-0.4, -0.2) is 5.11 Å². The average molecular weight is 205 g/mol. The minimum absolute atomic E-state index is 0.273. The molecular weight excluding hydrogens is 199 g/mol. The third-order valence-corrected chi connectivity index (χ3v) is 1.62. The van der Waals surface area contributed by atoms with Crippen molar-refractivity contribution in [3.63, 3.8) is 0 Å². The number of hydrogen-bond acceptors (Lipinski definition) is 1. The van der Waals surface area contributed by atoms with Crippen molar-refractivity contribution in [1.82, 2.24) is 0 Å². The smallest absolute Gasteiger partial charge is 0.222 e. The summed E-state index contributed by atoms with van der Waals surface area (Å²) < 4.78 is 12.9. The molecule has 10 heavy (non-hydrogen) atoms. The number of benzene rings is 1. The molecule has 1 nitrogen and oxygen atoms in total. The summed E-state index contributed by atoms with van der Waals surface area (Å²) in [7, 11) is 0. The highest BCUT2D eigenvalue weighted by Gasteiger charge is 2.02. The highest BCUT2D eigenvalue weighted by Crippen LogP contribution is 2.18. The number of hydrogen-bond donors (Lipinski definition) is 1. The maximum Gasteiger partial charge on any atom is 0.222 e. The summed E-state index contributed by atoms with van der Waals surface area (Å²) in [5.41, 5.74) is 0.273. The quantitative estimate of drug-likeness (QED) is 0.746. The lowest BCUT2D eigenvalue weighted by Crippen LogP contribution is -1.87. The third kappa shape index (κ3) is 1.78. The van der Waals surface area contributed by atoms with Gasteiger partial charge >= 0.3 is 0 Å². The van der Waals surface area contributed by atoms with Gasteiger partial charge < -0.3 is 5.11 Å². The fourth-order valence-electron chi connectivity index (χ4n) is 0.655. The van der Waals surface area contributed by atoms with Gasteiger partial charge in [0.1, 0.15) is 0 Å². The van der Waals surface area contributed by atoms with Crippen molar-refractivity contribution < 1.29 is 9.50 Å². The molecule has 0 bridgehead atoms. The second kappa shape index (κ2) is 3.12. The fourth-order valence-corrected chi connectivity index (χ4v) is 1.07. The van der Waals surface area contributed by atoms with E-state index in [4.69, 9.17) is 5.11 Å². The lowest BCUT2D eigenvalue weighted by Gasteiger charge is -1.99. The van der Waals surface area contributed by atoms with Gasteiger partial charge in [-0.15, -0.1) is 0 Å². The Kier molecular flexibility index (Phi) is 2.40. The lowest BCUT2D eigenvalue weighted by molar-refractivity contribution is 0.0411. The Morgan fingerprint density at radius 1 is 1.50 bits per heavy atom. The Morgan fingerprint density at radius 2 is 2.20 bits per heavy atom. The molecule has 0 aliphatic heterocycles. The van der Waals surface area contributed by atoms with Gasteiger partial charge in [-0.3, -0.25) is 0 Å². The van der Waals surface area contributed by atoms with Gasteiger partial charge in [-0.2, -0.15) is 0 Å². The maximum atomic E-state index is 12.1. The topological polar surface area (TPSA) is 20.2 Å². The second-order valence-electron chi connectivity index (χ2n) is 1.89. The monoisotopic (exact) mass is 204 g/mol. The molecule has 54 valence electrons. The highest BCUT2D eigenvalue weighted by atomic mass is 79.9. The van der Waals surface area contributed by atoms with Crippen LogP contribution < -0.4 is 0 Å². The van der Waals surface area contributed by atoms with Gasteiger partial charge in [0, 0.05) is 10.0 Å². The Labute approximate surface area is 66.6 Å². The predicted molar refractivity (Wildman–Crippen MR) is 40.2 cm³/mol. The van der Waals surface area contributed by atoms with Crippen molar-refractivity contribution in [2.45, 2.75) is 6.36 Å². The van der Waals surface area contributed by atoms with E-state index in [2.05, 4.69) is 15.9 Å². The zero-order valence-electron chi connectivity index (χ0n) is 5.09. The lowest BCUT2D eigenvalue weighted by atomic mass is 10.2. The van der Waals surface area contributed by atoms with Gasteiger partial charge in [0.05, 0.1) is 0 Å². The largest absolute Gasteiger partial charge is 0.360 e. The summed E-state index contributed by atoms with van der Waals surface area (Å²) in [4.78, 5) is 0. The number of halogens is 2. The minimum Gasteiger partial charge on any atom is -0.360 e. The van der Waals surface area contributed by atoms with E-state index in [-0.39, 0.29) is 5.56 Å². The summed E-state index contributed by atoms with van der Waals surface area (Å²) in [6, 6.07) is 6.49. The zero-order chi connectivity index (χ0) is 7.56. The molecule has 0 radical (unpaired) electrons. The summed E-state index contributed by atoms with van der Waals surface area (Å²) in [6.45, 7) is 0. The molecule has 0 fully saturated rings. The van der Waals surface area contributed by atoms with Gasteiger partial charge in [0.15, 0.2) is 0 Å². The number of aliphatic hydroxyl groups is 1. The summed E-state index contributed by atoms with van der Waals surface area (Å²) in [6.07, 6.45) is -1.88. The first kappa shape index (κ1) is 7.69. The third-order valence-electron chi connectivity index (χ3n) is 1.12. The SMILES string of the molecule is OC(F)c1cccc(Br)c1. The van der Waals surface area contributed by atoms with E-state index in [9.17, 15) is 4.39 Å². The molecule has 3 heteroatoms. The van der Waals surface area contributed by atoms with Gasteiger partial charge in [0.2, 0.25) is 6.36 Å². The normalized spacial score (nSPS) is 13.1. The van der Waals surface area contributed by atoms with Crippen LogP contribution in [0.2, 0.25) is 0 Å². The molecule has 0 saturated carbocycles. The van der Waals surface area contributed by atoms with E-state index in [0.29, 0.717) is 0 Å².